The van der Waals surface area contributed by atoms with Gasteiger partial charge in [0.2, 0.25) is 17.8 Å². The SMILES string of the molecule is CNC(=O)c1ccccc1Nc1nc(Nc2ccc(N3CCN(C(=O)NCCCOCCCNCCC#Cc4cccc5c4CN(C4CCC(=O)NC4=O)C5=O)CC3)cc2)ncc1Cl. The number of halogens is 1. The number of fused-ring (bicyclic) bond motifs is 1. The minimum Gasteiger partial charge on any atom is -0.381 e. The molecule has 0 aliphatic carbocycles. The second-order valence-electron chi connectivity index (χ2n) is 15.4. The maximum absolute atomic E-state index is 13.0. The Hall–Kier alpha value is -6.74. The molecular weight excluding hydrogens is 838 g/mol. The number of imide groups is 1. The quantitative estimate of drug-likeness (QED) is 0.0497. The van der Waals surface area contributed by atoms with Crippen LogP contribution in [0.25, 0.3) is 0 Å². The van der Waals surface area contributed by atoms with Gasteiger partial charge >= 0.3 is 6.03 Å². The Kier molecular flexibility index (Phi) is 15.6. The predicted octanol–water partition coefficient (Wildman–Crippen LogP) is 4.40. The summed E-state index contributed by atoms with van der Waals surface area (Å²) in [5.41, 5.74) is 5.02. The zero-order chi connectivity index (χ0) is 44.8. The number of hydrogen-bond donors (Lipinski definition) is 6. The third-order valence-electron chi connectivity index (χ3n) is 11.1. The number of amides is 6. The van der Waals surface area contributed by atoms with Crippen LogP contribution in [0.1, 0.15) is 63.9 Å². The summed E-state index contributed by atoms with van der Waals surface area (Å²) in [7, 11) is 1.57. The molecule has 4 heterocycles. The molecule has 64 heavy (non-hydrogen) atoms. The van der Waals surface area contributed by atoms with Gasteiger partial charge in [0, 0.05) is 101 Å². The molecule has 7 rings (SSSR count). The number of rotatable bonds is 17. The van der Waals surface area contributed by atoms with E-state index in [-0.39, 0.29) is 30.2 Å². The van der Waals surface area contributed by atoms with Crippen molar-refractivity contribution in [3.05, 3.63) is 100 Å². The summed E-state index contributed by atoms with van der Waals surface area (Å²) >= 11 is 6.39. The van der Waals surface area contributed by atoms with Crippen LogP contribution in [-0.4, -0.2) is 122 Å². The van der Waals surface area contributed by atoms with E-state index in [0.29, 0.717) is 98.9 Å². The molecule has 1 aromatic heterocycles. The molecule has 2 saturated heterocycles. The van der Waals surface area contributed by atoms with Gasteiger partial charge in [-0.15, -0.1) is 0 Å². The fraction of sp³-hybridized carbons (Fsp3) is 0.370. The number of piperazine rings is 1. The first-order chi connectivity index (χ1) is 31.2. The number of carbonyl (C=O) groups excluding carboxylic acids is 5. The molecule has 18 heteroatoms. The molecule has 0 spiro atoms. The number of para-hydroxylation sites is 1. The molecule has 0 bridgehead atoms. The van der Waals surface area contributed by atoms with Crippen LogP contribution in [-0.2, 0) is 20.9 Å². The minimum atomic E-state index is -0.649. The van der Waals surface area contributed by atoms with Crippen LogP contribution in [0, 0.1) is 11.8 Å². The topological polar surface area (TPSA) is 202 Å². The van der Waals surface area contributed by atoms with E-state index < -0.39 is 11.9 Å². The highest BCUT2D eigenvalue weighted by molar-refractivity contribution is 6.33. The summed E-state index contributed by atoms with van der Waals surface area (Å²) in [5.74, 6) is 5.91. The Bertz CT molecular complexity index is 2400. The van der Waals surface area contributed by atoms with Crippen molar-refractivity contribution in [3.63, 3.8) is 0 Å². The first-order valence-corrected chi connectivity index (χ1v) is 21.9. The van der Waals surface area contributed by atoms with Gasteiger partial charge in [0.1, 0.15) is 11.1 Å². The lowest BCUT2D eigenvalue weighted by atomic mass is 10.0. The number of carbonyl (C=O) groups is 5. The fourth-order valence-corrected chi connectivity index (χ4v) is 7.78. The van der Waals surface area contributed by atoms with Crippen molar-refractivity contribution >= 4 is 70.1 Å². The molecule has 4 aromatic rings. The summed E-state index contributed by atoms with van der Waals surface area (Å²) in [6, 6.07) is 19.8. The van der Waals surface area contributed by atoms with Crippen LogP contribution in [0.3, 0.4) is 0 Å². The van der Waals surface area contributed by atoms with E-state index >= 15 is 0 Å². The Balaban J connectivity index is 0.729. The third-order valence-corrected chi connectivity index (χ3v) is 11.3. The van der Waals surface area contributed by atoms with E-state index in [2.05, 4.69) is 58.6 Å². The average Bonchev–Trinajstić information content (AvgIpc) is 3.65. The molecule has 3 aliphatic heterocycles. The molecule has 6 amide bonds. The normalized spacial score (nSPS) is 15.8. The second kappa shape index (κ2) is 22.1. The lowest BCUT2D eigenvalue weighted by molar-refractivity contribution is -0.136. The summed E-state index contributed by atoms with van der Waals surface area (Å²) in [4.78, 5) is 76.6. The van der Waals surface area contributed by atoms with Gasteiger partial charge in [0.15, 0.2) is 5.82 Å². The number of nitrogens with zero attached hydrogens (tertiary/aromatic N) is 5. The monoisotopic (exact) mass is 889 g/mol. The van der Waals surface area contributed by atoms with Gasteiger partial charge in [-0.1, -0.05) is 41.6 Å². The molecule has 0 radical (unpaired) electrons. The zero-order valence-electron chi connectivity index (χ0n) is 35.7. The highest BCUT2D eigenvalue weighted by atomic mass is 35.5. The fourth-order valence-electron chi connectivity index (χ4n) is 7.64. The maximum atomic E-state index is 13.0. The van der Waals surface area contributed by atoms with E-state index in [9.17, 15) is 24.0 Å². The summed E-state index contributed by atoms with van der Waals surface area (Å²) in [6.07, 6.45) is 4.25. The first kappa shape index (κ1) is 45.3. The van der Waals surface area contributed by atoms with Gasteiger partial charge in [-0.05, 0) is 79.9 Å². The highest BCUT2D eigenvalue weighted by Gasteiger charge is 2.39. The summed E-state index contributed by atoms with van der Waals surface area (Å²) < 4.78 is 5.77. The van der Waals surface area contributed by atoms with Gasteiger partial charge in [-0.2, -0.15) is 4.98 Å². The number of piperidine rings is 1. The lowest BCUT2D eigenvalue weighted by Gasteiger charge is -2.36. The number of benzene rings is 3. The Morgan fingerprint density at radius 2 is 1.70 bits per heavy atom. The van der Waals surface area contributed by atoms with Crippen LogP contribution in [0.2, 0.25) is 5.02 Å². The van der Waals surface area contributed by atoms with Crippen LogP contribution in [0.4, 0.5) is 33.6 Å². The maximum Gasteiger partial charge on any atom is 0.317 e. The van der Waals surface area contributed by atoms with E-state index in [1.165, 1.54) is 6.20 Å². The van der Waals surface area contributed by atoms with Crippen molar-refractivity contribution in [2.75, 3.05) is 81.6 Å². The Morgan fingerprint density at radius 1 is 0.922 bits per heavy atom. The largest absolute Gasteiger partial charge is 0.381 e. The molecule has 17 nitrogen and oxygen atoms in total. The van der Waals surface area contributed by atoms with E-state index in [1.54, 1.807) is 42.3 Å². The molecule has 2 fully saturated rings. The van der Waals surface area contributed by atoms with Crippen molar-refractivity contribution in [2.24, 2.45) is 0 Å². The third kappa shape index (κ3) is 11.6. The number of nitrogens with one attached hydrogen (secondary N) is 6. The van der Waals surface area contributed by atoms with E-state index in [1.807, 2.05) is 41.3 Å². The zero-order valence-corrected chi connectivity index (χ0v) is 36.4. The van der Waals surface area contributed by atoms with Crippen molar-refractivity contribution in [3.8, 4) is 11.8 Å². The van der Waals surface area contributed by atoms with Gasteiger partial charge in [0.25, 0.3) is 11.8 Å². The van der Waals surface area contributed by atoms with Gasteiger partial charge in [-0.3, -0.25) is 24.5 Å². The van der Waals surface area contributed by atoms with Gasteiger partial charge in [0.05, 0.1) is 17.4 Å². The molecule has 3 aliphatic rings. The summed E-state index contributed by atoms with van der Waals surface area (Å²) in [6.45, 7) is 6.16. The number of anilines is 5. The number of urea groups is 1. The van der Waals surface area contributed by atoms with Gasteiger partial charge in [-0.25, -0.2) is 9.78 Å². The standard InChI is InChI=1S/C46H52ClN11O6/c1-48-42(60)35-11-2-3-13-38(35)53-41-37(47)29-51-45(55-41)52-32-14-16-33(17-15-32)56-23-25-57(26-24-56)46(63)50-22-8-28-64-27-7-21-49-20-5-4-9-31-10-6-12-34-36(31)30-58(44(34)62)39-18-19-40(59)54-43(39)61/h2-3,6,10-17,29,39,49H,5,7-8,18-28,30H2,1H3,(H,48,60)(H,50,63)(H,54,59,61)(H2,51,52,53,55). The number of aromatic nitrogens is 2. The van der Waals surface area contributed by atoms with Crippen molar-refractivity contribution in [1.29, 1.82) is 0 Å². The molecule has 0 saturated carbocycles. The Morgan fingerprint density at radius 3 is 2.48 bits per heavy atom. The number of hydrogen-bond acceptors (Lipinski definition) is 12. The van der Waals surface area contributed by atoms with Crippen molar-refractivity contribution in [1.82, 2.24) is 41.0 Å². The minimum absolute atomic E-state index is 0.0697. The molecule has 6 N–H and O–H groups in total. The van der Waals surface area contributed by atoms with Crippen LogP contribution in [0.5, 0.6) is 0 Å². The highest BCUT2D eigenvalue weighted by Crippen LogP contribution is 2.30. The van der Waals surface area contributed by atoms with Crippen LogP contribution in [0.15, 0.2) is 72.9 Å². The van der Waals surface area contributed by atoms with Crippen LogP contribution >= 0.6 is 11.6 Å². The molecule has 3 aromatic carbocycles. The lowest BCUT2D eigenvalue weighted by Crippen LogP contribution is -2.52. The molecule has 1 unspecified atom stereocenters. The first-order valence-electron chi connectivity index (χ1n) is 21.5. The van der Waals surface area contributed by atoms with Crippen molar-refractivity contribution < 1.29 is 28.7 Å². The molecule has 334 valence electrons. The smallest absolute Gasteiger partial charge is 0.317 e. The summed E-state index contributed by atoms with van der Waals surface area (Å²) in [5, 5.41) is 18.0. The average molecular weight is 890 g/mol. The molecule has 1 atom stereocenters. The second-order valence-corrected chi connectivity index (χ2v) is 15.8. The predicted molar refractivity (Wildman–Crippen MR) is 244 cm³/mol. The van der Waals surface area contributed by atoms with Crippen LogP contribution < -0.4 is 36.8 Å². The number of ether oxygens (including phenoxy) is 1. The van der Waals surface area contributed by atoms with E-state index in [4.69, 9.17) is 16.3 Å². The van der Waals surface area contributed by atoms with Crippen molar-refractivity contribution in [2.45, 2.75) is 44.7 Å². The van der Waals surface area contributed by atoms with Gasteiger partial charge < -0.3 is 46.0 Å². The molecular formula is C46H52ClN11O6. The Labute approximate surface area is 377 Å². The van der Waals surface area contributed by atoms with E-state index in [0.717, 1.165) is 48.4 Å².